The summed E-state index contributed by atoms with van der Waals surface area (Å²) in [6.45, 7) is 9.63. The number of hydrogen-bond acceptors (Lipinski definition) is 3. The smallest absolute Gasteiger partial charge is 0.238 e. The third-order valence-electron chi connectivity index (χ3n) is 3.68. The van der Waals surface area contributed by atoms with E-state index in [9.17, 15) is 4.79 Å². The quantitative estimate of drug-likeness (QED) is 0.925. The van der Waals surface area contributed by atoms with Crippen molar-refractivity contribution in [3.05, 3.63) is 28.8 Å². The van der Waals surface area contributed by atoms with Crippen molar-refractivity contribution in [2.75, 3.05) is 44.6 Å². The minimum atomic E-state index is 0.000650. The topological polar surface area (TPSA) is 35.6 Å². The van der Waals surface area contributed by atoms with Crippen molar-refractivity contribution in [1.29, 1.82) is 0 Å². The zero-order chi connectivity index (χ0) is 14.5. The second-order valence-corrected chi connectivity index (χ2v) is 5.65. The van der Waals surface area contributed by atoms with Crippen LogP contribution in [0, 0.1) is 6.92 Å². The van der Waals surface area contributed by atoms with Crippen LogP contribution in [0.2, 0.25) is 5.02 Å². The number of halogens is 1. The lowest BCUT2D eigenvalue weighted by molar-refractivity contribution is -0.117. The zero-order valence-electron chi connectivity index (χ0n) is 12.2. The number of carbonyl (C=O) groups excluding carboxylic acids is 1. The number of nitrogens with one attached hydrogen (secondary N) is 1. The maximum absolute atomic E-state index is 12.0. The van der Waals surface area contributed by atoms with Gasteiger partial charge in [-0.2, -0.15) is 0 Å². The first kappa shape index (κ1) is 15.3. The number of aryl methyl sites for hydroxylation is 1. The van der Waals surface area contributed by atoms with Gasteiger partial charge in [0.15, 0.2) is 0 Å². The van der Waals surface area contributed by atoms with E-state index in [0.29, 0.717) is 17.3 Å². The third-order valence-corrected chi connectivity index (χ3v) is 3.99. The molecule has 1 aromatic rings. The molecule has 5 heteroatoms. The molecule has 1 aromatic carbocycles. The second kappa shape index (κ2) is 7.07. The van der Waals surface area contributed by atoms with Crippen LogP contribution in [-0.4, -0.2) is 55.0 Å². The highest BCUT2D eigenvalue weighted by molar-refractivity contribution is 6.33. The fourth-order valence-corrected chi connectivity index (χ4v) is 2.66. The third kappa shape index (κ3) is 4.20. The molecule has 1 amide bonds. The molecule has 110 valence electrons. The summed E-state index contributed by atoms with van der Waals surface area (Å²) in [5.41, 5.74) is 1.78. The molecule has 0 atom stereocenters. The lowest BCUT2D eigenvalue weighted by Crippen LogP contribution is -2.48. The van der Waals surface area contributed by atoms with Gasteiger partial charge >= 0.3 is 0 Å². The van der Waals surface area contributed by atoms with Gasteiger partial charge in [0, 0.05) is 26.2 Å². The number of piperazine rings is 1. The van der Waals surface area contributed by atoms with E-state index >= 15 is 0 Å². The molecule has 1 aliphatic rings. The van der Waals surface area contributed by atoms with Gasteiger partial charge in [0.2, 0.25) is 5.91 Å². The first-order valence-corrected chi connectivity index (χ1v) is 7.47. The van der Waals surface area contributed by atoms with E-state index in [1.165, 1.54) is 0 Å². The summed E-state index contributed by atoms with van der Waals surface area (Å²) in [5.74, 6) is 0.000650. The maximum atomic E-state index is 12.0. The minimum absolute atomic E-state index is 0.000650. The number of likely N-dealkylation sites (N-methyl/N-ethyl adjacent to an activating group) is 1. The van der Waals surface area contributed by atoms with Crippen LogP contribution in [0.5, 0.6) is 0 Å². The first-order chi connectivity index (χ1) is 9.58. The number of hydrogen-bond donors (Lipinski definition) is 1. The van der Waals surface area contributed by atoms with Crippen molar-refractivity contribution in [1.82, 2.24) is 9.80 Å². The first-order valence-electron chi connectivity index (χ1n) is 7.09. The highest BCUT2D eigenvalue weighted by Crippen LogP contribution is 2.22. The summed E-state index contributed by atoms with van der Waals surface area (Å²) in [5, 5.41) is 3.48. The van der Waals surface area contributed by atoms with Gasteiger partial charge in [-0.25, -0.2) is 0 Å². The van der Waals surface area contributed by atoms with Gasteiger partial charge in [-0.05, 0) is 31.2 Å². The van der Waals surface area contributed by atoms with E-state index < -0.39 is 0 Å². The molecule has 1 N–H and O–H groups in total. The summed E-state index contributed by atoms with van der Waals surface area (Å²) in [6.07, 6.45) is 0. The summed E-state index contributed by atoms with van der Waals surface area (Å²) in [6, 6.07) is 5.66. The zero-order valence-corrected chi connectivity index (χ0v) is 12.9. The van der Waals surface area contributed by atoms with Gasteiger partial charge in [0.1, 0.15) is 0 Å². The summed E-state index contributed by atoms with van der Waals surface area (Å²) in [4.78, 5) is 16.6. The van der Waals surface area contributed by atoms with E-state index in [0.717, 1.165) is 38.3 Å². The van der Waals surface area contributed by atoms with Crippen LogP contribution in [0.1, 0.15) is 12.5 Å². The second-order valence-electron chi connectivity index (χ2n) is 5.24. The van der Waals surface area contributed by atoms with Crippen LogP contribution < -0.4 is 5.32 Å². The lowest BCUT2D eigenvalue weighted by atomic mass is 10.2. The Labute approximate surface area is 125 Å². The summed E-state index contributed by atoms with van der Waals surface area (Å²) < 4.78 is 0. The van der Waals surface area contributed by atoms with Gasteiger partial charge in [0.25, 0.3) is 0 Å². The molecule has 1 fully saturated rings. The SMILES string of the molecule is CCN1CCN(CC(=O)Nc2ccc(C)cc2Cl)CC1. The fraction of sp³-hybridized carbons (Fsp3) is 0.533. The van der Waals surface area contributed by atoms with Crippen molar-refractivity contribution in [3.63, 3.8) is 0 Å². The monoisotopic (exact) mass is 295 g/mol. The Kier molecular flexibility index (Phi) is 5.40. The summed E-state index contributed by atoms with van der Waals surface area (Å²) >= 11 is 6.12. The molecule has 0 unspecified atom stereocenters. The molecule has 0 bridgehead atoms. The molecule has 0 aliphatic carbocycles. The molecule has 20 heavy (non-hydrogen) atoms. The van der Waals surface area contributed by atoms with Crippen LogP contribution >= 0.6 is 11.6 Å². The molecule has 1 aliphatic heterocycles. The molecule has 0 radical (unpaired) electrons. The molecule has 0 aromatic heterocycles. The minimum Gasteiger partial charge on any atom is -0.324 e. The van der Waals surface area contributed by atoms with Gasteiger partial charge in [0.05, 0.1) is 17.3 Å². The normalized spacial score (nSPS) is 17.1. The van der Waals surface area contributed by atoms with Crippen LogP contribution in [0.15, 0.2) is 18.2 Å². The molecule has 0 saturated carbocycles. The number of carbonyl (C=O) groups is 1. The molecule has 1 heterocycles. The Morgan fingerprint density at radius 2 is 1.90 bits per heavy atom. The molecule has 2 rings (SSSR count). The van der Waals surface area contributed by atoms with Crippen molar-refractivity contribution < 1.29 is 4.79 Å². The highest BCUT2D eigenvalue weighted by Gasteiger charge is 2.18. The van der Waals surface area contributed by atoms with Crippen molar-refractivity contribution in [3.8, 4) is 0 Å². The average Bonchev–Trinajstić information content (AvgIpc) is 2.43. The van der Waals surface area contributed by atoms with E-state index in [-0.39, 0.29) is 5.91 Å². The Hall–Kier alpha value is -1.10. The molecule has 0 spiro atoms. The predicted molar refractivity (Wildman–Crippen MR) is 83.4 cm³/mol. The number of nitrogens with zero attached hydrogens (tertiary/aromatic N) is 2. The predicted octanol–water partition coefficient (Wildman–Crippen LogP) is 2.22. The summed E-state index contributed by atoms with van der Waals surface area (Å²) in [7, 11) is 0. The standard InChI is InChI=1S/C15H22ClN3O/c1-3-18-6-8-19(9-7-18)11-15(20)17-14-5-4-12(2)10-13(14)16/h4-5,10H,3,6-9,11H2,1-2H3,(H,17,20). The van der Waals surface area contributed by atoms with Gasteiger partial charge in [-0.3, -0.25) is 9.69 Å². The fourth-order valence-electron chi connectivity index (χ4n) is 2.38. The molecule has 4 nitrogen and oxygen atoms in total. The molecular weight excluding hydrogens is 274 g/mol. The van der Waals surface area contributed by atoms with Gasteiger partial charge < -0.3 is 10.2 Å². The largest absolute Gasteiger partial charge is 0.324 e. The van der Waals surface area contributed by atoms with E-state index in [4.69, 9.17) is 11.6 Å². The average molecular weight is 296 g/mol. The Balaban J connectivity index is 1.84. The number of rotatable bonds is 4. The van der Waals surface area contributed by atoms with Crippen molar-refractivity contribution >= 4 is 23.2 Å². The maximum Gasteiger partial charge on any atom is 0.238 e. The van der Waals surface area contributed by atoms with Crippen molar-refractivity contribution in [2.24, 2.45) is 0 Å². The molecule has 1 saturated heterocycles. The Morgan fingerprint density at radius 1 is 1.25 bits per heavy atom. The Bertz CT molecular complexity index is 470. The van der Waals surface area contributed by atoms with Gasteiger partial charge in [-0.1, -0.05) is 24.6 Å². The van der Waals surface area contributed by atoms with Crippen molar-refractivity contribution in [2.45, 2.75) is 13.8 Å². The van der Waals surface area contributed by atoms with Crippen LogP contribution in [-0.2, 0) is 4.79 Å². The van der Waals surface area contributed by atoms with Crippen LogP contribution in [0.25, 0.3) is 0 Å². The molecular formula is C15H22ClN3O. The van der Waals surface area contributed by atoms with E-state index in [1.54, 1.807) is 0 Å². The number of anilines is 1. The Morgan fingerprint density at radius 3 is 2.50 bits per heavy atom. The number of benzene rings is 1. The van der Waals surface area contributed by atoms with Crippen LogP contribution in [0.4, 0.5) is 5.69 Å². The van der Waals surface area contributed by atoms with E-state index in [1.807, 2.05) is 25.1 Å². The highest BCUT2D eigenvalue weighted by atomic mass is 35.5. The van der Waals surface area contributed by atoms with Crippen LogP contribution in [0.3, 0.4) is 0 Å². The van der Waals surface area contributed by atoms with Gasteiger partial charge in [-0.15, -0.1) is 0 Å². The van der Waals surface area contributed by atoms with E-state index in [2.05, 4.69) is 22.0 Å². The number of amides is 1. The lowest BCUT2D eigenvalue weighted by Gasteiger charge is -2.33.